The van der Waals surface area contributed by atoms with E-state index >= 15 is 0 Å². The van der Waals surface area contributed by atoms with Crippen molar-refractivity contribution in [3.63, 3.8) is 0 Å². The van der Waals surface area contributed by atoms with E-state index in [2.05, 4.69) is 12.2 Å². The highest BCUT2D eigenvalue weighted by Gasteiger charge is 2.26. The molecule has 4 heteroatoms. The zero-order valence-corrected chi connectivity index (χ0v) is 12.9. The van der Waals surface area contributed by atoms with E-state index in [1.165, 1.54) is 38.4 Å². The fourth-order valence-corrected chi connectivity index (χ4v) is 3.13. The van der Waals surface area contributed by atoms with Crippen LogP contribution in [0.15, 0.2) is 22.8 Å². The molecule has 2 N–H and O–H groups in total. The summed E-state index contributed by atoms with van der Waals surface area (Å²) in [5.41, 5.74) is 0. The molecule has 1 heterocycles. The number of unbranched alkanes of at least 4 members (excludes halogenated alkanes) is 1. The van der Waals surface area contributed by atoms with Crippen molar-refractivity contribution in [3.05, 3.63) is 24.2 Å². The number of aliphatic hydroxyl groups is 1. The Morgan fingerprint density at radius 3 is 2.81 bits per heavy atom. The summed E-state index contributed by atoms with van der Waals surface area (Å²) in [4.78, 5) is 12.1. The molecule has 0 bridgehead atoms. The average molecular weight is 293 g/mol. The topological polar surface area (TPSA) is 62.5 Å². The van der Waals surface area contributed by atoms with Crippen LogP contribution in [0.1, 0.15) is 63.7 Å². The van der Waals surface area contributed by atoms with Crippen LogP contribution in [0.4, 0.5) is 0 Å². The van der Waals surface area contributed by atoms with E-state index < -0.39 is 6.10 Å². The van der Waals surface area contributed by atoms with Gasteiger partial charge in [-0.1, -0.05) is 26.2 Å². The van der Waals surface area contributed by atoms with Gasteiger partial charge in [-0.2, -0.15) is 0 Å². The first-order chi connectivity index (χ1) is 10.2. The molecule has 1 fully saturated rings. The lowest BCUT2D eigenvalue weighted by atomic mass is 9.79. The van der Waals surface area contributed by atoms with Gasteiger partial charge in [-0.25, -0.2) is 0 Å². The van der Waals surface area contributed by atoms with Crippen LogP contribution in [0, 0.1) is 11.8 Å². The molecule has 1 saturated carbocycles. The van der Waals surface area contributed by atoms with Gasteiger partial charge in [0.15, 0.2) is 0 Å². The normalized spacial score (nSPS) is 23.7. The highest BCUT2D eigenvalue weighted by atomic mass is 16.4. The second-order valence-electron chi connectivity index (χ2n) is 6.14. The Kier molecular flexibility index (Phi) is 6.30. The zero-order valence-electron chi connectivity index (χ0n) is 12.9. The lowest BCUT2D eigenvalue weighted by molar-refractivity contribution is -0.126. The monoisotopic (exact) mass is 293 g/mol. The molecule has 1 aromatic heterocycles. The summed E-state index contributed by atoms with van der Waals surface area (Å²) in [7, 11) is 0. The minimum absolute atomic E-state index is 0.0783. The molecule has 0 aliphatic heterocycles. The minimum atomic E-state index is -0.759. The van der Waals surface area contributed by atoms with Gasteiger partial charge < -0.3 is 14.8 Å². The second kappa shape index (κ2) is 8.23. The van der Waals surface area contributed by atoms with Crippen molar-refractivity contribution >= 4 is 5.91 Å². The van der Waals surface area contributed by atoms with Crippen LogP contribution < -0.4 is 5.32 Å². The molecule has 21 heavy (non-hydrogen) atoms. The number of hydrogen-bond donors (Lipinski definition) is 2. The van der Waals surface area contributed by atoms with Gasteiger partial charge in [0.2, 0.25) is 5.91 Å². The van der Waals surface area contributed by atoms with Crippen molar-refractivity contribution in [1.29, 1.82) is 0 Å². The van der Waals surface area contributed by atoms with Crippen LogP contribution >= 0.6 is 0 Å². The number of amides is 1. The van der Waals surface area contributed by atoms with Gasteiger partial charge in [0.05, 0.1) is 12.8 Å². The average Bonchev–Trinajstić information content (AvgIpc) is 3.05. The molecule has 1 atom stereocenters. The molecule has 1 aliphatic rings. The maximum atomic E-state index is 12.1. The molecule has 0 radical (unpaired) electrons. The molecule has 4 nitrogen and oxygen atoms in total. The van der Waals surface area contributed by atoms with Gasteiger partial charge in [-0.15, -0.1) is 0 Å². The van der Waals surface area contributed by atoms with Crippen molar-refractivity contribution in [2.45, 2.75) is 58.0 Å². The Morgan fingerprint density at radius 2 is 2.19 bits per heavy atom. The molecule has 1 aliphatic carbocycles. The van der Waals surface area contributed by atoms with E-state index in [9.17, 15) is 9.90 Å². The third-order valence-electron chi connectivity index (χ3n) is 4.52. The first kappa shape index (κ1) is 16.1. The molecular weight excluding hydrogens is 266 g/mol. The first-order valence-electron chi connectivity index (χ1n) is 8.19. The van der Waals surface area contributed by atoms with E-state index in [0.717, 1.165) is 18.8 Å². The van der Waals surface area contributed by atoms with E-state index in [4.69, 9.17) is 4.42 Å². The van der Waals surface area contributed by atoms with Crippen LogP contribution in [-0.2, 0) is 4.79 Å². The molecule has 1 amide bonds. The molecule has 1 unspecified atom stereocenters. The Bertz CT molecular complexity index is 408. The Balaban J connectivity index is 1.67. The quantitative estimate of drug-likeness (QED) is 0.809. The molecule has 2 rings (SSSR count). The van der Waals surface area contributed by atoms with Gasteiger partial charge in [0, 0.05) is 5.92 Å². The summed E-state index contributed by atoms with van der Waals surface area (Å²) in [6, 6.07) is 3.45. The third-order valence-corrected chi connectivity index (χ3v) is 4.52. The molecule has 0 saturated heterocycles. The maximum Gasteiger partial charge on any atom is 0.223 e. The van der Waals surface area contributed by atoms with Crippen LogP contribution in [0.3, 0.4) is 0 Å². The summed E-state index contributed by atoms with van der Waals surface area (Å²) < 4.78 is 5.12. The van der Waals surface area contributed by atoms with Crippen LogP contribution in [0.25, 0.3) is 0 Å². The lowest BCUT2D eigenvalue weighted by Gasteiger charge is -2.27. The smallest absolute Gasteiger partial charge is 0.223 e. The number of carbonyl (C=O) groups excluding carboxylic acids is 1. The van der Waals surface area contributed by atoms with Gasteiger partial charge >= 0.3 is 0 Å². The number of rotatable bonds is 7. The standard InChI is InChI=1S/C17H27NO3/c1-2-3-5-13-7-9-14(10-8-13)17(20)18-12-15(19)16-6-4-11-21-16/h4,6,11,13-15,19H,2-3,5,7-10,12H2,1H3,(H,18,20). The van der Waals surface area contributed by atoms with E-state index in [1.807, 2.05) is 0 Å². The number of hydrogen-bond acceptors (Lipinski definition) is 3. The Morgan fingerprint density at radius 1 is 1.43 bits per heavy atom. The van der Waals surface area contributed by atoms with Gasteiger partial charge in [0.1, 0.15) is 11.9 Å². The minimum Gasteiger partial charge on any atom is -0.467 e. The maximum absolute atomic E-state index is 12.1. The number of carbonyl (C=O) groups is 1. The van der Waals surface area contributed by atoms with Gasteiger partial charge in [-0.3, -0.25) is 4.79 Å². The van der Waals surface area contributed by atoms with Crippen molar-refractivity contribution < 1.29 is 14.3 Å². The van der Waals surface area contributed by atoms with Crippen molar-refractivity contribution in [1.82, 2.24) is 5.32 Å². The molecule has 0 spiro atoms. The van der Waals surface area contributed by atoms with Crippen molar-refractivity contribution in [2.75, 3.05) is 6.54 Å². The molecular formula is C17H27NO3. The number of furan rings is 1. The summed E-state index contributed by atoms with van der Waals surface area (Å²) in [5.74, 6) is 1.50. The summed E-state index contributed by atoms with van der Waals surface area (Å²) in [6.07, 6.45) is 8.93. The van der Waals surface area contributed by atoms with E-state index in [-0.39, 0.29) is 18.4 Å². The highest BCUT2D eigenvalue weighted by molar-refractivity contribution is 5.78. The summed E-state index contributed by atoms with van der Waals surface area (Å²) in [5, 5.41) is 12.7. The largest absolute Gasteiger partial charge is 0.467 e. The van der Waals surface area contributed by atoms with Crippen molar-refractivity contribution in [3.8, 4) is 0 Å². The second-order valence-corrected chi connectivity index (χ2v) is 6.14. The first-order valence-corrected chi connectivity index (χ1v) is 8.19. The fourth-order valence-electron chi connectivity index (χ4n) is 3.13. The van der Waals surface area contributed by atoms with Crippen LogP contribution in [0.5, 0.6) is 0 Å². The molecule has 0 aromatic carbocycles. The van der Waals surface area contributed by atoms with E-state index in [1.54, 1.807) is 12.1 Å². The fraction of sp³-hybridized carbons (Fsp3) is 0.706. The number of nitrogens with one attached hydrogen (secondary N) is 1. The van der Waals surface area contributed by atoms with Gasteiger partial charge in [0.25, 0.3) is 0 Å². The van der Waals surface area contributed by atoms with E-state index in [0.29, 0.717) is 5.76 Å². The number of aliphatic hydroxyl groups excluding tert-OH is 1. The predicted molar refractivity (Wildman–Crippen MR) is 81.7 cm³/mol. The Labute approximate surface area is 126 Å². The summed E-state index contributed by atoms with van der Waals surface area (Å²) in [6.45, 7) is 2.45. The molecule has 1 aromatic rings. The van der Waals surface area contributed by atoms with Crippen molar-refractivity contribution in [2.24, 2.45) is 11.8 Å². The highest BCUT2D eigenvalue weighted by Crippen LogP contribution is 2.32. The predicted octanol–water partition coefficient (Wildman–Crippen LogP) is 3.43. The van der Waals surface area contributed by atoms with Crippen LogP contribution in [0.2, 0.25) is 0 Å². The Hall–Kier alpha value is -1.29. The third kappa shape index (κ3) is 4.88. The zero-order chi connectivity index (χ0) is 15.1. The van der Waals surface area contributed by atoms with Gasteiger partial charge in [-0.05, 0) is 43.7 Å². The SMILES string of the molecule is CCCCC1CCC(C(=O)NCC(O)c2ccco2)CC1. The molecule has 118 valence electrons. The summed E-state index contributed by atoms with van der Waals surface area (Å²) >= 11 is 0. The van der Waals surface area contributed by atoms with Crippen LogP contribution in [-0.4, -0.2) is 17.6 Å². The lowest BCUT2D eigenvalue weighted by Crippen LogP contribution is -2.35.